The van der Waals surface area contributed by atoms with Crippen molar-refractivity contribution in [2.45, 2.75) is 13.0 Å². The second kappa shape index (κ2) is 4.75. The van der Waals surface area contributed by atoms with Crippen LogP contribution in [0.5, 0.6) is 0 Å². The predicted octanol–water partition coefficient (Wildman–Crippen LogP) is 0.990. The number of thioether (sulfide) groups is 1. The largest absolute Gasteiger partial charge is 0.480 e. The average molecular weight is 252 g/mol. The molecule has 1 atom stereocenters. The van der Waals surface area contributed by atoms with Crippen LogP contribution in [0.2, 0.25) is 0 Å². The van der Waals surface area contributed by atoms with Crippen LogP contribution in [0.1, 0.15) is 15.9 Å². The minimum atomic E-state index is -0.955. The van der Waals surface area contributed by atoms with Gasteiger partial charge >= 0.3 is 5.97 Å². The van der Waals surface area contributed by atoms with Gasteiger partial charge in [0.15, 0.2) is 0 Å². The van der Waals surface area contributed by atoms with E-state index in [0.717, 1.165) is 5.56 Å². The van der Waals surface area contributed by atoms with Crippen molar-refractivity contribution in [3.63, 3.8) is 0 Å². The van der Waals surface area contributed by atoms with Crippen molar-refractivity contribution in [1.82, 2.24) is 9.88 Å². The van der Waals surface area contributed by atoms with Crippen LogP contribution in [-0.4, -0.2) is 44.5 Å². The van der Waals surface area contributed by atoms with Gasteiger partial charge in [-0.3, -0.25) is 9.78 Å². The van der Waals surface area contributed by atoms with Gasteiger partial charge in [-0.2, -0.15) is 0 Å². The van der Waals surface area contributed by atoms with E-state index in [2.05, 4.69) is 4.98 Å². The number of amides is 1. The number of hydrogen-bond donors (Lipinski definition) is 1. The van der Waals surface area contributed by atoms with Gasteiger partial charge in [-0.25, -0.2) is 4.79 Å². The monoisotopic (exact) mass is 252 g/mol. The SMILES string of the molecule is Cc1cncc(C(=O)N2CSC[C@H]2C(=O)O)c1. The Morgan fingerprint density at radius 3 is 2.94 bits per heavy atom. The summed E-state index contributed by atoms with van der Waals surface area (Å²) >= 11 is 1.45. The third-order valence-electron chi connectivity index (χ3n) is 2.55. The summed E-state index contributed by atoms with van der Waals surface area (Å²) in [5.74, 6) is -0.355. The van der Waals surface area contributed by atoms with Crippen molar-refractivity contribution in [3.8, 4) is 0 Å². The molecular weight excluding hydrogens is 240 g/mol. The van der Waals surface area contributed by atoms with Gasteiger partial charge in [-0.15, -0.1) is 11.8 Å². The molecule has 1 aromatic rings. The quantitative estimate of drug-likeness (QED) is 0.850. The van der Waals surface area contributed by atoms with Crippen LogP contribution in [-0.2, 0) is 4.79 Å². The van der Waals surface area contributed by atoms with Crippen molar-refractivity contribution in [1.29, 1.82) is 0 Å². The molecule has 0 aromatic carbocycles. The Morgan fingerprint density at radius 2 is 2.29 bits per heavy atom. The topological polar surface area (TPSA) is 70.5 Å². The van der Waals surface area contributed by atoms with E-state index < -0.39 is 12.0 Å². The summed E-state index contributed by atoms with van der Waals surface area (Å²) in [4.78, 5) is 28.4. The minimum Gasteiger partial charge on any atom is -0.480 e. The molecular formula is C11H12N2O3S. The number of rotatable bonds is 2. The predicted molar refractivity (Wildman–Crippen MR) is 63.9 cm³/mol. The van der Waals surface area contributed by atoms with E-state index in [1.54, 1.807) is 12.3 Å². The number of pyridine rings is 1. The Bertz CT molecular complexity index is 464. The zero-order chi connectivity index (χ0) is 12.4. The lowest BCUT2D eigenvalue weighted by molar-refractivity contribution is -0.140. The van der Waals surface area contributed by atoms with Crippen LogP contribution in [0.15, 0.2) is 18.5 Å². The molecule has 5 nitrogen and oxygen atoms in total. The molecule has 1 N–H and O–H groups in total. The molecule has 2 rings (SSSR count). The summed E-state index contributed by atoms with van der Waals surface area (Å²) < 4.78 is 0. The average Bonchev–Trinajstić information content (AvgIpc) is 2.77. The van der Waals surface area contributed by atoms with Crippen LogP contribution in [0.25, 0.3) is 0 Å². The van der Waals surface area contributed by atoms with Crippen LogP contribution in [0.4, 0.5) is 0 Å². The summed E-state index contributed by atoms with van der Waals surface area (Å²) in [6.07, 6.45) is 3.13. The van der Waals surface area contributed by atoms with Gasteiger partial charge < -0.3 is 10.0 Å². The molecule has 17 heavy (non-hydrogen) atoms. The zero-order valence-electron chi connectivity index (χ0n) is 9.29. The normalized spacial score (nSPS) is 19.4. The maximum atomic E-state index is 12.1. The number of carboxylic acid groups (broad SMARTS) is 1. The maximum Gasteiger partial charge on any atom is 0.327 e. The standard InChI is InChI=1S/C11H12N2O3S/c1-7-2-8(4-12-3-7)10(14)13-6-17-5-9(13)11(15)16/h2-4,9H,5-6H2,1H3,(H,15,16)/t9-/m0/s1. The Labute approximate surface area is 103 Å². The van der Waals surface area contributed by atoms with Gasteiger partial charge in [-0.1, -0.05) is 0 Å². The number of aliphatic carboxylic acids is 1. The first kappa shape index (κ1) is 11.9. The van der Waals surface area contributed by atoms with Crippen LogP contribution in [0.3, 0.4) is 0 Å². The van der Waals surface area contributed by atoms with E-state index in [0.29, 0.717) is 17.2 Å². The molecule has 1 aromatic heterocycles. The van der Waals surface area contributed by atoms with Gasteiger partial charge in [0.2, 0.25) is 0 Å². The lowest BCUT2D eigenvalue weighted by Crippen LogP contribution is -2.41. The molecule has 0 radical (unpaired) electrons. The van der Waals surface area contributed by atoms with E-state index in [-0.39, 0.29) is 5.91 Å². The Morgan fingerprint density at radius 1 is 1.53 bits per heavy atom. The Kier molecular flexibility index (Phi) is 3.33. The molecule has 0 bridgehead atoms. The third kappa shape index (κ3) is 2.41. The van der Waals surface area contributed by atoms with Crippen molar-refractivity contribution < 1.29 is 14.7 Å². The fraction of sp³-hybridized carbons (Fsp3) is 0.364. The molecule has 1 saturated heterocycles. The smallest absolute Gasteiger partial charge is 0.327 e. The summed E-state index contributed by atoms with van der Waals surface area (Å²) in [5, 5.41) is 9.01. The highest BCUT2D eigenvalue weighted by atomic mass is 32.2. The fourth-order valence-corrected chi connectivity index (χ4v) is 2.83. The zero-order valence-corrected chi connectivity index (χ0v) is 10.1. The van der Waals surface area contributed by atoms with Crippen LogP contribution >= 0.6 is 11.8 Å². The molecule has 0 saturated carbocycles. The molecule has 6 heteroatoms. The number of carbonyl (C=O) groups is 2. The fourth-order valence-electron chi connectivity index (χ4n) is 1.69. The molecule has 90 valence electrons. The molecule has 1 aliphatic rings. The Balaban J connectivity index is 2.23. The molecule has 1 amide bonds. The van der Waals surface area contributed by atoms with Crippen molar-refractivity contribution >= 4 is 23.6 Å². The molecule has 0 unspecified atom stereocenters. The lowest BCUT2D eigenvalue weighted by Gasteiger charge is -2.20. The third-order valence-corrected chi connectivity index (χ3v) is 3.56. The number of aromatic nitrogens is 1. The number of carboxylic acids is 1. The first-order valence-electron chi connectivity index (χ1n) is 5.13. The molecule has 0 spiro atoms. The first-order chi connectivity index (χ1) is 8.09. The molecule has 0 aliphatic carbocycles. The minimum absolute atomic E-state index is 0.265. The van der Waals surface area contributed by atoms with Crippen molar-refractivity contribution in [2.24, 2.45) is 0 Å². The second-order valence-corrected chi connectivity index (χ2v) is 4.88. The summed E-state index contributed by atoms with van der Waals surface area (Å²) in [5.41, 5.74) is 1.33. The first-order valence-corrected chi connectivity index (χ1v) is 6.28. The van der Waals surface area contributed by atoms with Gasteiger partial charge in [0.25, 0.3) is 5.91 Å². The highest BCUT2D eigenvalue weighted by molar-refractivity contribution is 7.99. The molecule has 1 aliphatic heterocycles. The Hall–Kier alpha value is -1.56. The summed E-state index contributed by atoms with van der Waals surface area (Å²) in [7, 11) is 0. The highest BCUT2D eigenvalue weighted by Crippen LogP contribution is 2.23. The maximum absolute atomic E-state index is 12.1. The molecule has 2 heterocycles. The van der Waals surface area contributed by atoms with Gasteiger partial charge in [0.1, 0.15) is 6.04 Å². The van der Waals surface area contributed by atoms with Crippen LogP contribution < -0.4 is 0 Å². The highest BCUT2D eigenvalue weighted by Gasteiger charge is 2.35. The van der Waals surface area contributed by atoms with E-state index in [1.807, 2.05) is 6.92 Å². The van der Waals surface area contributed by atoms with Gasteiger partial charge in [-0.05, 0) is 18.6 Å². The van der Waals surface area contributed by atoms with Gasteiger partial charge in [0, 0.05) is 18.1 Å². The lowest BCUT2D eigenvalue weighted by atomic mass is 10.2. The van der Waals surface area contributed by atoms with E-state index in [9.17, 15) is 9.59 Å². The summed E-state index contributed by atoms with van der Waals surface area (Å²) in [6.45, 7) is 1.84. The second-order valence-electron chi connectivity index (χ2n) is 3.88. The number of aryl methyl sites for hydroxylation is 1. The molecule has 1 fully saturated rings. The van der Waals surface area contributed by atoms with Gasteiger partial charge in [0.05, 0.1) is 11.4 Å². The van der Waals surface area contributed by atoms with Crippen LogP contribution in [0, 0.1) is 6.92 Å². The number of hydrogen-bond acceptors (Lipinski definition) is 4. The summed E-state index contributed by atoms with van der Waals surface area (Å²) in [6, 6.07) is 0.991. The van der Waals surface area contributed by atoms with Crippen molar-refractivity contribution in [3.05, 3.63) is 29.6 Å². The van der Waals surface area contributed by atoms with E-state index in [1.165, 1.54) is 22.9 Å². The number of nitrogens with zero attached hydrogens (tertiary/aromatic N) is 2. The van der Waals surface area contributed by atoms with Crippen molar-refractivity contribution in [2.75, 3.05) is 11.6 Å². The van der Waals surface area contributed by atoms with E-state index >= 15 is 0 Å². The van der Waals surface area contributed by atoms with E-state index in [4.69, 9.17) is 5.11 Å². The number of carbonyl (C=O) groups excluding carboxylic acids is 1.